The van der Waals surface area contributed by atoms with Crippen LogP contribution < -0.4 is 5.32 Å². The van der Waals surface area contributed by atoms with Crippen LogP contribution in [0.3, 0.4) is 0 Å². The van der Waals surface area contributed by atoms with Crippen LogP contribution in [0.15, 0.2) is 24.3 Å². The van der Waals surface area contributed by atoms with Crippen molar-refractivity contribution in [2.75, 3.05) is 13.2 Å². The average Bonchev–Trinajstić information content (AvgIpc) is 2.61. The Kier molecular flexibility index (Phi) is 7.12. The fourth-order valence-corrected chi connectivity index (χ4v) is 3.31. The van der Waals surface area contributed by atoms with Crippen molar-refractivity contribution in [2.24, 2.45) is 11.8 Å². The molecule has 6 nitrogen and oxygen atoms in total. The zero-order valence-corrected chi connectivity index (χ0v) is 15.0. The minimum Gasteiger partial charge on any atom is -0.465 e. The summed E-state index contributed by atoms with van der Waals surface area (Å²) in [6, 6.07) is 5.05. The highest BCUT2D eigenvalue weighted by Gasteiger charge is 2.42. The fourth-order valence-electron chi connectivity index (χ4n) is 3.31. The summed E-state index contributed by atoms with van der Waals surface area (Å²) in [7, 11) is 0. The lowest BCUT2D eigenvalue weighted by atomic mass is 9.74. The third kappa shape index (κ3) is 4.59. The minimum absolute atomic E-state index is 0.153. The van der Waals surface area contributed by atoms with Crippen LogP contribution in [0.5, 0.6) is 0 Å². The molecule has 2 rings (SSSR count). The minimum atomic E-state index is -0.903. The first-order valence-corrected chi connectivity index (χ1v) is 8.87. The van der Waals surface area contributed by atoms with E-state index in [0.717, 1.165) is 0 Å². The van der Waals surface area contributed by atoms with Crippen LogP contribution in [0.4, 0.5) is 9.18 Å². The summed E-state index contributed by atoms with van der Waals surface area (Å²) in [6.07, 6.45) is 0.722. The molecule has 1 N–H and O–H groups in total. The van der Waals surface area contributed by atoms with Crippen molar-refractivity contribution >= 4 is 17.8 Å². The molecular weight excluding hydrogens is 341 g/mol. The second-order valence-electron chi connectivity index (χ2n) is 6.11. The number of benzene rings is 1. The van der Waals surface area contributed by atoms with Gasteiger partial charge < -0.3 is 14.8 Å². The van der Waals surface area contributed by atoms with Crippen molar-refractivity contribution in [3.05, 3.63) is 35.6 Å². The largest absolute Gasteiger partial charge is 0.465 e. The molecule has 1 aliphatic carbocycles. The lowest BCUT2D eigenvalue weighted by Gasteiger charge is -2.33. The quantitative estimate of drug-likeness (QED) is 0.619. The number of carbonyl (C=O) groups excluding carboxylic acids is 3. The molecule has 0 unspecified atom stereocenters. The summed E-state index contributed by atoms with van der Waals surface area (Å²) >= 11 is 0. The monoisotopic (exact) mass is 365 g/mol. The normalized spacial score (nSPS) is 21.0. The number of ketones is 1. The first-order valence-electron chi connectivity index (χ1n) is 8.87. The van der Waals surface area contributed by atoms with Crippen LogP contribution in [0.25, 0.3) is 0 Å². The molecule has 0 heterocycles. The molecule has 0 bridgehead atoms. The summed E-state index contributed by atoms with van der Waals surface area (Å²) in [5, 5.41) is 2.59. The Morgan fingerprint density at radius 3 is 2.54 bits per heavy atom. The first-order chi connectivity index (χ1) is 12.5. The van der Waals surface area contributed by atoms with Crippen LogP contribution in [0, 0.1) is 17.7 Å². The second-order valence-corrected chi connectivity index (χ2v) is 6.11. The number of nitrogens with one attached hydrogen (secondary N) is 1. The predicted molar refractivity (Wildman–Crippen MR) is 91.8 cm³/mol. The van der Waals surface area contributed by atoms with Crippen molar-refractivity contribution in [3.63, 3.8) is 0 Å². The molecule has 1 aliphatic rings. The molecule has 1 fully saturated rings. The molecule has 0 saturated heterocycles. The van der Waals surface area contributed by atoms with E-state index in [9.17, 15) is 18.8 Å². The van der Waals surface area contributed by atoms with Crippen LogP contribution in [0.2, 0.25) is 0 Å². The Bertz CT molecular complexity index is 663. The van der Waals surface area contributed by atoms with E-state index in [1.54, 1.807) is 19.9 Å². The summed E-state index contributed by atoms with van der Waals surface area (Å²) in [6.45, 7) is 3.67. The van der Waals surface area contributed by atoms with Gasteiger partial charge in [-0.05, 0) is 32.8 Å². The fraction of sp³-hybridized carbons (Fsp3) is 0.526. The highest BCUT2D eigenvalue weighted by atomic mass is 19.1. The molecule has 1 aromatic carbocycles. The van der Waals surface area contributed by atoms with Gasteiger partial charge in [-0.15, -0.1) is 0 Å². The van der Waals surface area contributed by atoms with E-state index >= 15 is 0 Å². The number of halogens is 1. The van der Waals surface area contributed by atoms with Gasteiger partial charge in [0.1, 0.15) is 11.7 Å². The molecule has 0 radical (unpaired) electrons. The molecule has 142 valence electrons. The van der Waals surface area contributed by atoms with E-state index in [2.05, 4.69) is 5.32 Å². The highest BCUT2D eigenvalue weighted by molar-refractivity contribution is 6.01. The number of alkyl carbamates (subject to hydrolysis) is 1. The topological polar surface area (TPSA) is 81.7 Å². The maximum absolute atomic E-state index is 14.3. The maximum Gasteiger partial charge on any atom is 0.407 e. The van der Waals surface area contributed by atoms with Gasteiger partial charge in [0.05, 0.1) is 19.3 Å². The van der Waals surface area contributed by atoms with Crippen molar-refractivity contribution in [1.29, 1.82) is 0 Å². The molecular formula is C19H24FNO5. The third-order valence-electron chi connectivity index (χ3n) is 4.48. The number of esters is 1. The molecule has 1 aromatic rings. The van der Waals surface area contributed by atoms with Crippen LogP contribution in [-0.2, 0) is 19.1 Å². The molecule has 0 spiro atoms. The van der Waals surface area contributed by atoms with Crippen molar-refractivity contribution in [2.45, 2.75) is 39.2 Å². The lowest BCUT2D eigenvalue weighted by Crippen LogP contribution is -2.43. The Morgan fingerprint density at radius 2 is 1.88 bits per heavy atom. The predicted octanol–water partition coefficient (Wildman–Crippen LogP) is 3.16. The molecule has 0 aliphatic heterocycles. The lowest BCUT2D eigenvalue weighted by molar-refractivity contribution is -0.154. The molecule has 0 aromatic heterocycles. The van der Waals surface area contributed by atoms with Gasteiger partial charge in [-0.25, -0.2) is 9.18 Å². The van der Waals surface area contributed by atoms with Gasteiger partial charge in [0, 0.05) is 11.5 Å². The Labute approximate surface area is 152 Å². The van der Waals surface area contributed by atoms with E-state index in [1.807, 2.05) is 0 Å². The maximum atomic E-state index is 14.3. The SMILES string of the molecule is CCOC(=O)N[C@H](c1ccccc1F)[C@@H]1CCC[C@@H](C(=O)OCC)C1=O. The van der Waals surface area contributed by atoms with E-state index in [1.165, 1.54) is 18.2 Å². The van der Waals surface area contributed by atoms with Crippen molar-refractivity contribution in [3.8, 4) is 0 Å². The summed E-state index contributed by atoms with van der Waals surface area (Å²) in [4.78, 5) is 36.9. The van der Waals surface area contributed by atoms with E-state index < -0.39 is 35.8 Å². The molecule has 1 amide bonds. The van der Waals surface area contributed by atoms with E-state index in [0.29, 0.717) is 19.3 Å². The molecule has 3 atom stereocenters. The first kappa shape index (κ1) is 19.9. The van der Waals surface area contributed by atoms with Crippen molar-refractivity contribution in [1.82, 2.24) is 5.32 Å². The Hall–Kier alpha value is -2.44. The number of Topliss-reactive ketones (excluding diaryl/α,β-unsaturated/α-hetero) is 1. The van der Waals surface area contributed by atoms with E-state index in [4.69, 9.17) is 9.47 Å². The van der Waals surface area contributed by atoms with Gasteiger partial charge in [0.25, 0.3) is 0 Å². The van der Waals surface area contributed by atoms with Gasteiger partial charge in [0.2, 0.25) is 0 Å². The van der Waals surface area contributed by atoms with Gasteiger partial charge in [-0.3, -0.25) is 9.59 Å². The summed E-state index contributed by atoms with van der Waals surface area (Å²) in [5.74, 6) is -3.03. The smallest absolute Gasteiger partial charge is 0.407 e. The standard InChI is InChI=1S/C19H24FNO5/c1-3-25-18(23)14-10-7-9-13(17(14)22)16(21-19(24)26-4-2)12-8-5-6-11-15(12)20/h5-6,8,11,13-14,16H,3-4,7,9-10H2,1-2H3,(H,21,24)/t13-,14+,16+/m0/s1. The summed E-state index contributed by atoms with van der Waals surface area (Å²) in [5.41, 5.74) is 0.198. The highest BCUT2D eigenvalue weighted by Crippen LogP contribution is 2.36. The van der Waals surface area contributed by atoms with Gasteiger partial charge in [-0.2, -0.15) is 0 Å². The second kappa shape index (κ2) is 9.31. The van der Waals surface area contributed by atoms with E-state index in [-0.39, 0.29) is 24.6 Å². The Morgan fingerprint density at radius 1 is 1.19 bits per heavy atom. The zero-order chi connectivity index (χ0) is 19.1. The van der Waals surface area contributed by atoms with Gasteiger partial charge >= 0.3 is 12.1 Å². The number of amides is 1. The third-order valence-corrected chi connectivity index (χ3v) is 4.48. The summed E-state index contributed by atoms with van der Waals surface area (Å²) < 4.78 is 24.2. The van der Waals surface area contributed by atoms with Crippen LogP contribution in [-0.4, -0.2) is 31.1 Å². The number of hydrogen-bond donors (Lipinski definition) is 1. The number of rotatable bonds is 6. The average molecular weight is 365 g/mol. The zero-order valence-electron chi connectivity index (χ0n) is 15.0. The Balaban J connectivity index is 2.31. The van der Waals surface area contributed by atoms with Gasteiger partial charge in [-0.1, -0.05) is 24.6 Å². The molecule has 1 saturated carbocycles. The van der Waals surface area contributed by atoms with Crippen molar-refractivity contribution < 1.29 is 28.2 Å². The van der Waals surface area contributed by atoms with Crippen LogP contribution in [0.1, 0.15) is 44.7 Å². The van der Waals surface area contributed by atoms with Gasteiger partial charge in [0.15, 0.2) is 5.78 Å². The number of hydrogen-bond acceptors (Lipinski definition) is 5. The molecule has 7 heteroatoms. The molecule has 26 heavy (non-hydrogen) atoms. The number of ether oxygens (including phenoxy) is 2. The van der Waals surface area contributed by atoms with Crippen LogP contribution >= 0.6 is 0 Å². The number of carbonyl (C=O) groups is 3.